The monoisotopic (exact) mass is 535 g/mol. The van der Waals surface area contributed by atoms with E-state index in [1.54, 1.807) is 0 Å². The molecule has 0 saturated carbocycles. The van der Waals surface area contributed by atoms with E-state index < -0.39 is 12.0 Å². The fraction of sp³-hybridized carbons (Fsp3) is 0.286. The number of rotatable bonds is 13. The van der Waals surface area contributed by atoms with E-state index in [4.69, 9.17) is 0 Å². The number of aryl methyl sites for hydroxylation is 1. The molecule has 4 rings (SSSR count). The molecule has 1 aliphatic carbocycles. The molecule has 0 fully saturated rings. The molecule has 0 heterocycles. The smallest absolute Gasteiger partial charge is 0.326 e. The van der Waals surface area contributed by atoms with Gasteiger partial charge in [-0.2, -0.15) is 0 Å². The number of carbonyl (C=O) groups excluding carboxylic acids is 2. The first-order chi connectivity index (χ1) is 19.4. The summed E-state index contributed by atoms with van der Waals surface area (Å²) in [7, 11) is 1.53. The molecular weight excluding hydrogens is 498 g/mol. The fourth-order valence-electron chi connectivity index (χ4n) is 5.32. The van der Waals surface area contributed by atoms with Crippen molar-refractivity contribution in [3.63, 3.8) is 0 Å². The zero-order valence-electron chi connectivity index (χ0n) is 23.0. The summed E-state index contributed by atoms with van der Waals surface area (Å²) in [6.45, 7) is 0. The molecule has 3 aromatic rings. The van der Waals surface area contributed by atoms with Crippen LogP contribution in [-0.4, -0.2) is 40.8 Å². The molecule has 40 heavy (non-hydrogen) atoms. The average molecular weight is 536 g/mol. The molecule has 0 spiro atoms. The molecule has 1 aliphatic rings. The van der Waals surface area contributed by atoms with E-state index in [-0.39, 0.29) is 36.9 Å². The molecule has 0 saturated heterocycles. The minimum Gasteiger partial charge on any atom is -0.480 e. The molecule has 5 heteroatoms. The van der Waals surface area contributed by atoms with Gasteiger partial charge >= 0.3 is 5.97 Å². The van der Waals surface area contributed by atoms with E-state index in [1.807, 2.05) is 66.7 Å². The molecule has 1 unspecified atom stereocenters. The highest BCUT2D eigenvalue weighted by molar-refractivity contribution is 5.99. The van der Waals surface area contributed by atoms with Crippen molar-refractivity contribution in [2.45, 2.75) is 56.9 Å². The summed E-state index contributed by atoms with van der Waals surface area (Å²) in [4.78, 5) is 39.5. The van der Waals surface area contributed by atoms with Gasteiger partial charge in [0.1, 0.15) is 6.04 Å². The standard InChI is InChI=1S/C35H37NO4/c1-36(34(38)23-21-31(28-16-7-3-8-17-28)29-18-9-4-10-19-29)32(35(39)40)25-30-24-27(20-22-33(30)37)15-11-14-26-12-5-2-6-13-26/h2-10,12-13,16-20,24,31-32H,11,14-15,21-23,25H2,1H3,(H,39,40). The van der Waals surface area contributed by atoms with Crippen molar-refractivity contribution in [1.82, 2.24) is 4.90 Å². The number of carboxylic acid groups (broad SMARTS) is 1. The van der Waals surface area contributed by atoms with Gasteiger partial charge in [0.05, 0.1) is 0 Å². The van der Waals surface area contributed by atoms with Gasteiger partial charge in [-0.05, 0) is 47.9 Å². The van der Waals surface area contributed by atoms with Gasteiger partial charge in [-0.15, -0.1) is 0 Å². The third kappa shape index (κ3) is 7.89. The first kappa shape index (κ1) is 28.8. The van der Waals surface area contributed by atoms with Gasteiger partial charge in [0.25, 0.3) is 0 Å². The van der Waals surface area contributed by atoms with Crippen molar-refractivity contribution in [1.29, 1.82) is 0 Å². The third-order valence-corrected chi connectivity index (χ3v) is 7.65. The van der Waals surface area contributed by atoms with Crippen molar-refractivity contribution >= 4 is 17.7 Å². The maximum absolute atomic E-state index is 13.3. The molecule has 1 atom stereocenters. The predicted octanol–water partition coefficient (Wildman–Crippen LogP) is 6.75. The van der Waals surface area contributed by atoms with E-state index in [2.05, 4.69) is 36.4 Å². The molecule has 5 nitrogen and oxygen atoms in total. The Hall–Kier alpha value is -4.25. The van der Waals surface area contributed by atoms with Gasteiger partial charge in [0.15, 0.2) is 5.78 Å². The fourth-order valence-corrected chi connectivity index (χ4v) is 5.32. The number of amides is 1. The van der Waals surface area contributed by atoms with Gasteiger partial charge in [-0.3, -0.25) is 9.59 Å². The maximum atomic E-state index is 13.3. The lowest BCUT2D eigenvalue weighted by atomic mass is 9.87. The van der Waals surface area contributed by atoms with Gasteiger partial charge < -0.3 is 10.0 Å². The van der Waals surface area contributed by atoms with Crippen LogP contribution in [0.5, 0.6) is 0 Å². The first-order valence-corrected chi connectivity index (χ1v) is 14.0. The number of ketones is 1. The lowest BCUT2D eigenvalue weighted by Crippen LogP contribution is -2.43. The predicted molar refractivity (Wildman–Crippen MR) is 158 cm³/mol. The third-order valence-electron chi connectivity index (χ3n) is 7.65. The van der Waals surface area contributed by atoms with Crippen LogP contribution in [0, 0.1) is 0 Å². The van der Waals surface area contributed by atoms with Crippen LogP contribution in [0.3, 0.4) is 0 Å². The van der Waals surface area contributed by atoms with Gasteiger partial charge in [0.2, 0.25) is 5.91 Å². The van der Waals surface area contributed by atoms with Crippen molar-refractivity contribution < 1.29 is 19.5 Å². The second-order valence-electron chi connectivity index (χ2n) is 10.4. The van der Waals surface area contributed by atoms with Gasteiger partial charge in [-0.25, -0.2) is 4.79 Å². The maximum Gasteiger partial charge on any atom is 0.326 e. The molecule has 1 N–H and O–H groups in total. The topological polar surface area (TPSA) is 74.7 Å². The van der Waals surface area contributed by atoms with Crippen LogP contribution in [0.4, 0.5) is 0 Å². The van der Waals surface area contributed by atoms with Crippen LogP contribution in [0.25, 0.3) is 0 Å². The number of hydrogen-bond acceptors (Lipinski definition) is 3. The number of hydrogen-bond donors (Lipinski definition) is 1. The summed E-state index contributed by atoms with van der Waals surface area (Å²) in [5.41, 5.74) is 5.03. The van der Waals surface area contributed by atoms with E-state index in [9.17, 15) is 19.5 Å². The summed E-state index contributed by atoms with van der Waals surface area (Å²) < 4.78 is 0. The molecular formula is C35H37NO4. The number of allylic oxidation sites excluding steroid dienone is 3. The lowest BCUT2D eigenvalue weighted by molar-refractivity contribution is -0.149. The Balaban J connectivity index is 1.39. The Morgan fingerprint density at radius 3 is 2.00 bits per heavy atom. The normalized spacial score (nSPS) is 13.9. The number of benzene rings is 3. The lowest BCUT2D eigenvalue weighted by Gasteiger charge is -2.27. The quantitative estimate of drug-likeness (QED) is 0.263. The Morgan fingerprint density at radius 1 is 0.850 bits per heavy atom. The number of likely N-dealkylation sites (N-methyl/N-ethyl adjacent to an activating group) is 1. The largest absolute Gasteiger partial charge is 0.480 e. The average Bonchev–Trinajstić information content (AvgIpc) is 2.98. The molecule has 1 amide bonds. The van der Waals surface area contributed by atoms with Crippen molar-refractivity contribution in [2.75, 3.05) is 7.05 Å². The zero-order valence-corrected chi connectivity index (χ0v) is 23.0. The van der Waals surface area contributed by atoms with Gasteiger partial charge in [-0.1, -0.05) is 109 Å². The molecule has 0 bridgehead atoms. The SMILES string of the molecule is CN(C(=O)CCC(c1ccccc1)c1ccccc1)C(CC1=CC(CCCc2ccccc2)=CCC1=O)C(=O)O. The number of carboxylic acids is 1. The summed E-state index contributed by atoms with van der Waals surface area (Å²) in [5.74, 6) is -1.40. The molecule has 0 aromatic heterocycles. The molecule has 3 aromatic carbocycles. The second kappa shape index (κ2) is 14.2. The Bertz CT molecular complexity index is 1310. The van der Waals surface area contributed by atoms with Crippen LogP contribution in [-0.2, 0) is 20.8 Å². The second-order valence-corrected chi connectivity index (χ2v) is 10.4. The van der Waals surface area contributed by atoms with E-state index in [0.717, 1.165) is 36.0 Å². The summed E-state index contributed by atoms with van der Waals surface area (Å²) in [6.07, 6.45) is 7.51. The molecule has 0 radical (unpaired) electrons. The number of Topliss-reactive ketones (excluding diaryl/α,β-unsaturated/α-hetero) is 1. The van der Waals surface area contributed by atoms with Crippen LogP contribution in [0.2, 0.25) is 0 Å². The highest BCUT2D eigenvalue weighted by Gasteiger charge is 2.30. The van der Waals surface area contributed by atoms with E-state index >= 15 is 0 Å². The Labute approximate surface area is 236 Å². The highest BCUT2D eigenvalue weighted by Crippen LogP contribution is 2.30. The van der Waals surface area contributed by atoms with Crippen LogP contribution in [0.15, 0.2) is 114 Å². The Morgan fingerprint density at radius 2 is 1.43 bits per heavy atom. The van der Waals surface area contributed by atoms with Crippen molar-refractivity contribution in [3.05, 3.63) is 131 Å². The molecule has 0 aliphatic heterocycles. The zero-order chi connectivity index (χ0) is 28.3. The van der Waals surface area contributed by atoms with Gasteiger partial charge in [0, 0.05) is 32.2 Å². The van der Waals surface area contributed by atoms with E-state index in [1.165, 1.54) is 17.5 Å². The van der Waals surface area contributed by atoms with Crippen LogP contribution >= 0.6 is 0 Å². The van der Waals surface area contributed by atoms with Crippen molar-refractivity contribution in [2.24, 2.45) is 0 Å². The first-order valence-electron chi connectivity index (χ1n) is 14.0. The highest BCUT2D eigenvalue weighted by atomic mass is 16.4. The Kier molecular flexibility index (Phi) is 10.2. The van der Waals surface area contributed by atoms with E-state index in [0.29, 0.717) is 12.0 Å². The molecule has 206 valence electrons. The number of aliphatic carboxylic acids is 1. The summed E-state index contributed by atoms with van der Waals surface area (Å²) in [5, 5.41) is 10.0. The number of carbonyl (C=O) groups is 3. The van der Waals surface area contributed by atoms with Crippen molar-refractivity contribution in [3.8, 4) is 0 Å². The van der Waals surface area contributed by atoms with Crippen LogP contribution < -0.4 is 0 Å². The van der Waals surface area contributed by atoms with Crippen LogP contribution in [0.1, 0.15) is 61.1 Å². The minimum absolute atomic E-state index is 0.00717. The minimum atomic E-state index is -1.10. The number of nitrogens with zero attached hydrogens (tertiary/aromatic N) is 1. The summed E-state index contributed by atoms with van der Waals surface area (Å²) >= 11 is 0. The summed E-state index contributed by atoms with van der Waals surface area (Å²) in [6, 6.07) is 29.2.